The summed E-state index contributed by atoms with van der Waals surface area (Å²) in [6.45, 7) is 4.66. The molecule has 6 nitrogen and oxygen atoms in total. The maximum atomic E-state index is 9.19. The zero-order valence-corrected chi connectivity index (χ0v) is 12.9. The van der Waals surface area contributed by atoms with E-state index in [-0.39, 0.29) is 12.1 Å². The first-order chi connectivity index (χ1) is 8.54. The number of ether oxygens (including phenoxy) is 1. The monoisotopic (exact) mass is 311 g/mol. The highest BCUT2D eigenvalue weighted by atomic mass is 32.2. The largest absolute Gasteiger partial charge is 0.493 e. The fraction of sp³-hybridized carbons (Fsp3) is 0.636. The van der Waals surface area contributed by atoms with Crippen molar-refractivity contribution in [2.24, 2.45) is 5.73 Å². The van der Waals surface area contributed by atoms with Gasteiger partial charge in [-0.15, -0.1) is 11.3 Å². The third-order valence-electron chi connectivity index (χ3n) is 1.78. The van der Waals surface area contributed by atoms with Gasteiger partial charge in [0.1, 0.15) is 5.75 Å². The molecule has 0 aliphatic carbocycles. The van der Waals surface area contributed by atoms with Crippen LogP contribution in [0.4, 0.5) is 0 Å². The number of thiophene rings is 1. The molecule has 112 valence electrons. The van der Waals surface area contributed by atoms with Crippen LogP contribution in [0.3, 0.4) is 0 Å². The Labute approximate surface area is 118 Å². The van der Waals surface area contributed by atoms with Crippen LogP contribution in [0.1, 0.15) is 25.1 Å². The van der Waals surface area contributed by atoms with Crippen LogP contribution < -0.4 is 10.5 Å². The van der Waals surface area contributed by atoms with Gasteiger partial charge in [0.05, 0.1) is 12.9 Å². The molecule has 1 rings (SSSR count). The predicted octanol–water partition coefficient (Wildman–Crippen LogP) is 1.21. The molecule has 0 aromatic carbocycles. The number of rotatable bonds is 5. The molecule has 0 saturated carbocycles. The van der Waals surface area contributed by atoms with Gasteiger partial charge in [0.2, 0.25) is 0 Å². The molecule has 0 spiro atoms. The van der Waals surface area contributed by atoms with Crippen LogP contribution in [-0.2, 0) is 15.7 Å². The number of hydrogen-bond donors (Lipinski definition) is 3. The topological polar surface area (TPSA) is 110 Å². The van der Waals surface area contributed by atoms with Gasteiger partial charge in [0.25, 0.3) is 10.1 Å². The molecule has 19 heavy (non-hydrogen) atoms. The van der Waals surface area contributed by atoms with E-state index in [9.17, 15) is 8.42 Å². The summed E-state index contributed by atoms with van der Waals surface area (Å²) in [5.74, 6) is 0.844. The molecule has 0 aliphatic rings. The summed E-state index contributed by atoms with van der Waals surface area (Å²) in [6.07, 6.45) is 1.38. The minimum absolute atomic E-state index is 0.166. The molecule has 0 saturated heterocycles. The molecule has 0 fully saturated rings. The van der Waals surface area contributed by atoms with Crippen molar-refractivity contribution in [1.82, 2.24) is 0 Å². The maximum Gasteiger partial charge on any atom is 0.261 e. The van der Waals surface area contributed by atoms with Gasteiger partial charge in [-0.2, -0.15) is 8.42 Å². The Morgan fingerprint density at radius 2 is 2.00 bits per heavy atom. The van der Waals surface area contributed by atoms with Gasteiger partial charge in [-0.25, -0.2) is 0 Å². The van der Waals surface area contributed by atoms with Crippen LogP contribution in [0.15, 0.2) is 11.4 Å². The van der Waals surface area contributed by atoms with Gasteiger partial charge in [-0.05, 0) is 19.9 Å². The molecule has 0 radical (unpaired) electrons. The maximum absolute atomic E-state index is 9.19. The average Bonchev–Trinajstić information content (AvgIpc) is 2.63. The van der Waals surface area contributed by atoms with Crippen LogP contribution >= 0.6 is 11.3 Å². The smallest absolute Gasteiger partial charge is 0.261 e. The Balaban J connectivity index is 0.000000555. The molecule has 1 aromatic rings. The van der Waals surface area contributed by atoms with Crippen molar-refractivity contribution in [2.45, 2.75) is 25.8 Å². The van der Waals surface area contributed by atoms with Gasteiger partial charge in [-0.3, -0.25) is 4.55 Å². The molecule has 0 bridgehead atoms. The minimum atomic E-state index is -3.67. The first kappa shape index (κ1) is 18.3. The standard InChI is InChI=1S/C10H17NO2S.CH4O3S/c1-10(2,11)9-6-8(7-14-9)13-5-3-4-12;1-5(2,3)4/h6-7,12H,3-5,11H2,1-2H3;1H3,(H,2,3,4). The van der Waals surface area contributed by atoms with Crippen LogP contribution in [0.5, 0.6) is 5.75 Å². The van der Waals surface area contributed by atoms with Crippen LogP contribution in [-0.4, -0.2) is 37.5 Å². The lowest BCUT2D eigenvalue weighted by Crippen LogP contribution is -2.27. The third kappa shape index (κ3) is 10.9. The van der Waals surface area contributed by atoms with E-state index < -0.39 is 10.1 Å². The van der Waals surface area contributed by atoms with Gasteiger partial charge in [0, 0.05) is 28.8 Å². The summed E-state index contributed by atoms with van der Waals surface area (Å²) in [6, 6.07) is 1.96. The second-order valence-corrected chi connectivity index (χ2v) is 6.90. The summed E-state index contributed by atoms with van der Waals surface area (Å²) >= 11 is 1.60. The van der Waals surface area contributed by atoms with Crippen molar-refractivity contribution < 1.29 is 22.8 Å². The quantitative estimate of drug-likeness (QED) is 0.557. The average molecular weight is 311 g/mol. The van der Waals surface area contributed by atoms with E-state index in [0.29, 0.717) is 19.3 Å². The van der Waals surface area contributed by atoms with Gasteiger partial charge < -0.3 is 15.6 Å². The van der Waals surface area contributed by atoms with E-state index >= 15 is 0 Å². The lowest BCUT2D eigenvalue weighted by molar-refractivity contribution is 0.234. The van der Waals surface area contributed by atoms with E-state index in [2.05, 4.69) is 0 Å². The molecular formula is C11H21NO5S2. The van der Waals surface area contributed by atoms with Crippen molar-refractivity contribution in [1.29, 1.82) is 0 Å². The second kappa shape index (κ2) is 7.81. The summed E-state index contributed by atoms with van der Waals surface area (Å²) in [5, 5.41) is 10.5. The normalized spacial score (nSPS) is 11.7. The van der Waals surface area contributed by atoms with Gasteiger partial charge in [-0.1, -0.05) is 0 Å². The fourth-order valence-corrected chi connectivity index (χ4v) is 1.85. The van der Waals surface area contributed by atoms with Crippen molar-refractivity contribution in [3.05, 3.63) is 16.3 Å². The Bertz CT molecular complexity index is 454. The van der Waals surface area contributed by atoms with E-state index in [1.54, 1.807) is 11.3 Å². The van der Waals surface area contributed by atoms with Crippen molar-refractivity contribution in [3.8, 4) is 5.75 Å². The molecule has 1 heterocycles. The SMILES string of the molecule is CC(C)(N)c1cc(OCCCO)cs1.CS(=O)(=O)O. The number of hydrogen-bond acceptors (Lipinski definition) is 6. The van der Waals surface area contributed by atoms with E-state index in [4.69, 9.17) is 20.1 Å². The second-order valence-electron chi connectivity index (χ2n) is 4.53. The highest BCUT2D eigenvalue weighted by molar-refractivity contribution is 7.85. The molecule has 0 amide bonds. The molecule has 0 aliphatic heterocycles. The molecule has 4 N–H and O–H groups in total. The highest BCUT2D eigenvalue weighted by Gasteiger charge is 2.16. The molecule has 0 unspecified atom stereocenters. The van der Waals surface area contributed by atoms with Gasteiger partial charge in [0.15, 0.2) is 0 Å². The summed E-state index contributed by atoms with van der Waals surface area (Å²) < 4.78 is 31.3. The Hall–Kier alpha value is -0.670. The number of aliphatic hydroxyl groups excluding tert-OH is 1. The van der Waals surface area contributed by atoms with Crippen molar-refractivity contribution in [3.63, 3.8) is 0 Å². The Morgan fingerprint density at radius 1 is 1.47 bits per heavy atom. The van der Waals surface area contributed by atoms with Crippen LogP contribution in [0.2, 0.25) is 0 Å². The van der Waals surface area contributed by atoms with E-state index in [1.807, 2.05) is 25.3 Å². The van der Waals surface area contributed by atoms with Crippen molar-refractivity contribution >= 4 is 21.5 Å². The molecule has 8 heteroatoms. The zero-order chi connectivity index (χ0) is 15.1. The number of aliphatic hydroxyl groups is 1. The lowest BCUT2D eigenvalue weighted by Gasteiger charge is -2.15. The summed E-state index contributed by atoms with van der Waals surface area (Å²) in [7, 11) is -3.67. The zero-order valence-electron chi connectivity index (χ0n) is 11.3. The lowest BCUT2D eigenvalue weighted by atomic mass is 10.1. The predicted molar refractivity (Wildman–Crippen MR) is 76.2 cm³/mol. The highest BCUT2D eigenvalue weighted by Crippen LogP contribution is 2.28. The van der Waals surface area contributed by atoms with Crippen LogP contribution in [0.25, 0.3) is 0 Å². The Kier molecular flexibility index (Phi) is 7.53. The molecular weight excluding hydrogens is 290 g/mol. The van der Waals surface area contributed by atoms with E-state index in [1.165, 1.54) is 0 Å². The third-order valence-corrected chi connectivity index (χ3v) is 3.03. The van der Waals surface area contributed by atoms with Crippen LogP contribution in [0, 0.1) is 0 Å². The Morgan fingerprint density at radius 3 is 2.37 bits per heavy atom. The number of nitrogens with two attached hydrogens (primary N) is 1. The van der Waals surface area contributed by atoms with E-state index in [0.717, 1.165) is 10.6 Å². The summed E-state index contributed by atoms with van der Waals surface area (Å²) in [4.78, 5) is 1.11. The first-order valence-corrected chi connectivity index (χ1v) is 8.31. The first-order valence-electron chi connectivity index (χ1n) is 5.58. The van der Waals surface area contributed by atoms with Crippen molar-refractivity contribution in [2.75, 3.05) is 19.5 Å². The molecule has 0 atom stereocenters. The minimum Gasteiger partial charge on any atom is -0.493 e. The molecule has 1 aromatic heterocycles. The fourth-order valence-electron chi connectivity index (χ4n) is 0.987. The summed E-state index contributed by atoms with van der Waals surface area (Å²) in [5.41, 5.74) is 5.64. The van der Waals surface area contributed by atoms with Gasteiger partial charge >= 0.3 is 0 Å².